The van der Waals surface area contributed by atoms with E-state index in [-0.39, 0.29) is 0 Å². The molecule has 1 heterocycles. The number of likely N-dealkylation sites (tertiary alicyclic amines) is 1. The van der Waals surface area contributed by atoms with E-state index in [1.54, 1.807) is 11.1 Å². The molecule has 1 aromatic rings. The van der Waals surface area contributed by atoms with E-state index < -0.39 is 0 Å². The Morgan fingerprint density at radius 2 is 1.90 bits per heavy atom. The van der Waals surface area contributed by atoms with Gasteiger partial charge in [-0.1, -0.05) is 37.1 Å². The molecule has 3 rings (SSSR count). The standard InChI is InChI=1S/C19H30N2/c1-16(21-13-7-2-8-14-21)15-20-19-12-6-4-10-17-9-3-5-11-18(17)19/h3,5,9,11,16,19-20H,2,4,6-8,10,12-15H2,1H3. The molecule has 1 aromatic carbocycles. The van der Waals surface area contributed by atoms with Crippen LogP contribution in [0.3, 0.4) is 0 Å². The smallest absolute Gasteiger partial charge is 0.0323 e. The second kappa shape index (κ2) is 7.42. The fraction of sp³-hybridized carbons (Fsp3) is 0.684. The van der Waals surface area contributed by atoms with Crippen molar-refractivity contribution in [2.45, 2.75) is 64.0 Å². The van der Waals surface area contributed by atoms with Crippen molar-refractivity contribution >= 4 is 0 Å². The van der Waals surface area contributed by atoms with E-state index in [0.29, 0.717) is 12.1 Å². The third-order valence-corrected chi connectivity index (χ3v) is 5.29. The van der Waals surface area contributed by atoms with E-state index in [0.717, 1.165) is 6.54 Å². The number of hydrogen-bond donors (Lipinski definition) is 1. The van der Waals surface area contributed by atoms with Crippen molar-refractivity contribution in [2.75, 3.05) is 19.6 Å². The fourth-order valence-electron chi connectivity index (χ4n) is 3.93. The van der Waals surface area contributed by atoms with E-state index in [9.17, 15) is 0 Å². The molecule has 2 unspecified atom stereocenters. The van der Waals surface area contributed by atoms with Crippen molar-refractivity contribution in [2.24, 2.45) is 0 Å². The number of nitrogens with one attached hydrogen (secondary N) is 1. The van der Waals surface area contributed by atoms with Crippen LogP contribution < -0.4 is 5.32 Å². The molecule has 0 radical (unpaired) electrons. The molecule has 0 aromatic heterocycles. The highest BCUT2D eigenvalue weighted by molar-refractivity contribution is 5.31. The number of aryl methyl sites for hydroxylation is 1. The van der Waals surface area contributed by atoms with Crippen molar-refractivity contribution in [1.82, 2.24) is 10.2 Å². The molecule has 1 saturated heterocycles. The largest absolute Gasteiger partial charge is 0.308 e. The molecular formula is C19H30N2. The SMILES string of the molecule is CC(CNC1CCCCc2ccccc21)N1CCCCC1. The van der Waals surface area contributed by atoms with Crippen LogP contribution in [-0.4, -0.2) is 30.6 Å². The molecule has 1 fully saturated rings. The molecule has 2 atom stereocenters. The first kappa shape index (κ1) is 15.1. The van der Waals surface area contributed by atoms with Gasteiger partial charge in [-0.05, 0) is 63.2 Å². The molecule has 1 aliphatic carbocycles. The predicted molar refractivity (Wildman–Crippen MR) is 89.6 cm³/mol. The lowest BCUT2D eigenvalue weighted by Crippen LogP contribution is -2.43. The van der Waals surface area contributed by atoms with Gasteiger partial charge in [-0.25, -0.2) is 0 Å². The average molecular weight is 286 g/mol. The first-order valence-electron chi connectivity index (χ1n) is 8.90. The zero-order chi connectivity index (χ0) is 14.5. The lowest BCUT2D eigenvalue weighted by Gasteiger charge is -2.33. The summed E-state index contributed by atoms with van der Waals surface area (Å²) in [7, 11) is 0. The van der Waals surface area contributed by atoms with Crippen LogP contribution in [0.2, 0.25) is 0 Å². The average Bonchev–Trinajstić information content (AvgIpc) is 2.76. The Morgan fingerprint density at radius 1 is 1.10 bits per heavy atom. The Kier molecular flexibility index (Phi) is 5.32. The van der Waals surface area contributed by atoms with Gasteiger partial charge in [0.2, 0.25) is 0 Å². The number of hydrogen-bond acceptors (Lipinski definition) is 2. The fourth-order valence-corrected chi connectivity index (χ4v) is 3.93. The molecule has 0 spiro atoms. The number of nitrogens with zero attached hydrogens (tertiary/aromatic N) is 1. The Bertz CT molecular complexity index is 437. The Morgan fingerprint density at radius 3 is 2.76 bits per heavy atom. The van der Waals surface area contributed by atoms with Crippen molar-refractivity contribution < 1.29 is 0 Å². The van der Waals surface area contributed by atoms with Gasteiger partial charge in [-0.2, -0.15) is 0 Å². The summed E-state index contributed by atoms with van der Waals surface area (Å²) in [6.45, 7) is 6.11. The molecule has 0 amide bonds. The van der Waals surface area contributed by atoms with Gasteiger partial charge < -0.3 is 5.32 Å². The van der Waals surface area contributed by atoms with E-state index >= 15 is 0 Å². The van der Waals surface area contributed by atoms with Crippen LogP contribution in [0.25, 0.3) is 0 Å². The summed E-state index contributed by atoms with van der Waals surface area (Å²) < 4.78 is 0. The second-order valence-electron chi connectivity index (χ2n) is 6.85. The minimum absolute atomic E-state index is 0.566. The van der Waals surface area contributed by atoms with Gasteiger partial charge in [0.05, 0.1) is 0 Å². The highest BCUT2D eigenvalue weighted by Gasteiger charge is 2.21. The lowest BCUT2D eigenvalue weighted by atomic mass is 9.99. The lowest BCUT2D eigenvalue weighted by molar-refractivity contribution is 0.167. The Labute approximate surface area is 129 Å². The van der Waals surface area contributed by atoms with Crippen LogP contribution in [0.15, 0.2) is 24.3 Å². The van der Waals surface area contributed by atoms with E-state index in [1.165, 1.54) is 58.0 Å². The number of benzene rings is 1. The maximum atomic E-state index is 3.87. The summed E-state index contributed by atoms with van der Waals surface area (Å²) in [5, 5.41) is 3.87. The van der Waals surface area contributed by atoms with Gasteiger partial charge in [0.25, 0.3) is 0 Å². The molecule has 2 nitrogen and oxygen atoms in total. The highest BCUT2D eigenvalue weighted by Crippen LogP contribution is 2.28. The zero-order valence-electron chi connectivity index (χ0n) is 13.5. The zero-order valence-corrected chi connectivity index (χ0v) is 13.5. The van der Waals surface area contributed by atoms with Gasteiger partial charge in [0, 0.05) is 18.6 Å². The van der Waals surface area contributed by atoms with Crippen molar-refractivity contribution in [1.29, 1.82) is 0 Å². The van der Waals surface area contributed by atoms with Crippen molar-refractivity contribution in [3.63, 3.8) is 0 Å². The summed E-state index contributed by atoms with van der Waals surface area (Å²) in [4.78, 5) is 2.67. The maximum Gasteiger partial charge on any atom is 0.0323 e. The van der Waals surface area contributed by atoms with Crippen LogP contribution in [0.4, 0.5) is 0 Å². The summed E-state index contributed by atoms with van der Waals surface area (Å²) in [5.74, 6) is 0. The number of fused-ring (bicyclic) bond motifs is 1. The van der Waals surface area contributed by atoms with Crippen LogP contribution in [0.5, 0.6) is 0 Å². The summed E-state index contributed by atoms with van der Waals surface area (Å²) in [6, 6.07) is 10.3. The third kappa shape index (κ3) is 3.87. The number of piperidine rings is 1. The molecule has 0 saturated carbocycles. The van der Waals surface area contributed by atoms with Gasteiger partial charge in [-0.3, -0.25) is 4.90 Å². The predicted octanol–water partition coefficient (Wildman–Crippen LogP) is 3.92. The Hall–Kier alpha value is -0.860. The molecule has 21 heavy (non-hydrogen) atoms. The minimum atomic E-state index is 0.566. The van der Waals surface area contributed by atoms with E-state index in [1.807, 2.05) is 0 Å². The van der Waals surface area contributed by atoms with E-state index in [2.05, 4.69) is 41.4 Å². The van der Waals surface area contributed by atoms with Crippen LogP contribution in [0, 0.1) is 0 Å². The summed E-state index contributed by atoms with van der Waals surface area (Å²) in [5.41, 5.74) is 3.12. The molecule has 0 bridgehead atoms. The maximum absolute atomic E-state index is 3.87. The summed E-state index contributed by atoms with van der Waals surface area (Å²) in [6.07, 6.45) is 9.45. The molecule has 1 N–H and O–H groups in total. The molecule has 1 aliphatic heterocycles. The molecular weight excluding hydrogens is 256 g/mol. The van der Waals surface area contributed by atoms with Gasteiger partial charge >= 0.3 is 0 Å². The van der Waals surface area contributed by atoms with Gasteiger partial charge in [-0.15, -0.1) is 0 Å². The number of rotatable bonds is 4. The van der Waals surface area contributed by atoms with E-state index in [4.69, 9.17) is 0 Å². The minimum Gasteiger partial charge on any atom is -0.308 e. The van der Waals surface area contributed by atoms with Crippen LogP contribution >= 0.6 is 0 Å². The second-order valence-corrected chi connectivity index (χ2v) is 6.85. The van der Waals surface area contributed by atoms with Crippen molar-refractivity contribution in [3.8, 4) is 0 Å². The summed E-state index contributed by atoms with van der Waals surface area (Å²) >= 11 is 0. The van der Waals surface area contributed by atoms with Gasteiger partial charge in [0.1, 0.15) is 0 Å². The third-order valence-electron chi connectivity index (χ3n) is 5.29. The van der Waals surface area contributed by atoms with Crippen LogP contribution in [-0.2, 0) is 6.42 Å². The highest BCUT2D eigenvalue weighted by atomic mass is 15.2. The normalized spacial score (nSPS) is 25.1. The monoisotopic (exact) mass is 286 g/mol. The van der Waals surface area contributed by atoms with Crippen molar-refractivity contribution in [3.05, 3.63) is 35.4 Å². The quantitative estimate of drug-likeness (QED) is 0.844. The van der Waals surface area contributed by atoms with Crippen LogP contribution in [0.1, 0.15) is 62.6 Å². The molecule has 116 valence electrons. The van der Waals surface area contributed by atoms with Gasteiger partial charge in [0.15, 0.2) is 0 Å². The first-order chi connectivity index (χ1) is 10.3. The Balaban J connectivity index is 1.59. The molecule has 2 heteroatoms. The topological polar surface area (TPSA) is 15.3 Å². The molecule has 2 aliphatic rings. The first-order valence-corrected chi connectivity index (χ1v) is 8.90.